The molecule has 2 aromatic rings. The molecule has 7 heteroatoms. The van der Waals surface area contributed by atoms with Gasteiger partial charge in [0.25, 0.3) is 0 Å². The summed E-state index contributed by atoms with van der Waals surface area (Å²) in [7, 11) is 0. The largest absolute Gasteiger partial charge is 0.386 e. The van der Waals surface area contributed by atoms with Gasteiger partial charge in [0.1, 0.15) is 6.10 Å². The SMILES string of the molecule is NC(=O)c1csc(CNCC(O)c2ccc(Cl)s2)c1. The highest BCUT2D eigenvalue weighted by atomic mass is 35.5. The van der Waals surface area contributed by atoms with Gasteiger partial charge in [0, 0.05) is 28.2 Å². The van der Waals surface area contributed by atoms with E-state index in [0.29, 0.717) is 23.0 Å². The lowest BCUT2D eigenvalue weighted by molar-refractivity contribution is 0.100. The molecule has 0 aliphatic heterocycles. The molecule has 0 saturated carbocycles. The first-order valence-electron chi connectivity index (χ1n) is 5.57. The molecule has 0 spiro atoms. The number of carbonyl (C=O) groups is 1. The van der Waals surface area contributed by atoms with Gasteiger partial charge in [-0.3, -0.25) is 4.79 Å². The number of hydrogen-bond acceptors (Lipinski definition) is 5. The van der Waals surface area contributed by atoms with Crippen molar-refractivity contribution < 1.29 is 9.90 Å². The van der Waals surface area contributed by atoms with Gasteiger partial charge in [0.2, 0.25) is 5.91 Å². The van der Waals surface area contributed by atoms with Crippen LogP contribution in [0.3, 0.4) is 0 Å². The van der Waals surface area contributed by atoms with E-state index in [2.05, 4.69) is 5.32 Å². The van der Waals surface area contributed by atoms with Gasteiger partial charge in [-0.25, -0.2) is 0 Å². The first kappa shape index (κ1) is 14.5. The van der Waals surface area contributed by atoms with Crippen LogP contribution in [0.15, 0.2) is 23.6 Å². The lowest BCUT2D eigenvalue weighted by atomic mass is 10.3. The van der Waals surface area contributed by atoms with Gasteiger partial charge < -0.3 is 16.2 Å². The van der Waals surface area contributed by atoms with Crippen molar-refractivity contribution in [2.75, 3.05) is 6.54 Å². The average Bonchev–Trinajstić information content (AvgIpc) is 2.98. The summed E-state index contributed by atoms with van der Waals surface area (Å²) in [5.74, 6) is -0.421. The molecular weight excluding hydrogens is 304 g/mol. The number of carbonyl (C=O) groups excluding carboxylic acids is 1. The molecule has 0 aromatic carbocycles. The maximum Gasteiger partial charge on any atom is 0.249 e. The molecule has 2 aromatic heterocycles. The summed E-state index contributed by atoms with van der Waals surface area (Å²) < 4.78 is 0.665. The summed E-state index contributed by atoms with van der Waals surface area (Å²) in [6.07, 6.45) is -0.576. The molecule has 102 valence electrons. The molecule has 1 amide bonds. The zero-order chi connectivity index (χ0) is 13.8. The van der Waals surface area contributed by atoms with E-state index in [1.165, 1.54) is 22.7 Å². The van der Waals surface area contributed by atoms with Gasteiger partial charge in [-0.15, -0.1) is 22.7 Å². The van der Waals surface area contributed by atoms with Crippen LogP contribution < -0.4 is 11.1 Å². The van der Waals surface area contributed by atoms with Crippen LogP contribution in [0.1, 0.15) is 26.2 Å². The lowest BCUT2D eigenvalue weighted by Gasteiger charge is -2.09. The average molecular weight is 317 g/mol. The van der Waals surface area contributed by atoms with Gasteiger partial charge in [0.05, 0.1) is 9.90 Å². The molecule has 0 aliphatic rings. The van der Waals surface area contributed by atoms with Crippen LogP contribution in [0.25, 0.3) is 0 Å². The third kappa shape index (κ3) is 4.02. The molecule has 0 saturated heterocycles. The van der Waals surface area contributed by atoms with Crippen molar-refractivity contribution in [3.05, 3.63) is 43.2 Å². The monoisotopic (exact) mass is 316 g/mol. The second-order valence-electron chi connectivity index (χ2n) is 3.95. The van der Waals surface area contributed by atoms with E-state index < -0.39 is 12.0 Å². The Morgan fingerprint density at radius 2 is 2.32 bits per heavy atom. The molecule has 0 radical (unpaired) electrons. The van der Waals surface area contributed by atoms with Crippen LogP contribution in [0.5, 0.6) is 0 Å². The fourth-order valence-electron chi connectivity index (χ4n) is 1.54. The summed E-state index contributed by atoms with van der Waals surface area (Å²) in [5.41, 5.74) is 5.70. The van der Waals surface area contributed by atoms with Crippen molar-refractivity contribution in [2.24, 2.45) is 5.73 Å². The first-order chi connectivity index (χ1) is 9.06. The summed E-state index contributed by atoms with van der Waals surface area (Å²) in [6, 6.07) is 5.34. The van der Waals surface area contributed by atoms with E-state index in [4.69, 9.17) is 17.3 Å². The fourth-order valence-corrected chi connectivity index (χ4v) is 3.43. The smallest absolute Gasteiger partial charge is 0.249 e. The van der Waals surface area contributed by atoms with Crippen LogP contribution in [0.4, 0.5) is 0 Å². The van der Waals surface area contributed by atoms with Crippen molar-refractivity contribution in [3.63, 3.8) is 0 Å². The molecule has 4 nitrogen and oxygen atoms in total. The van der Waals surface area contributed by atoms with Gasteiger partial charge >= 0.3 is 0 Å². The van der Waals surface area contributed by atoms with Gasteiger partial charge in [-0.2, -0.15) is 0 Å². The summed E-state index contributed by atoms with van der Waals surface area (Å²) in [6.45, 7) is 1.02. The maximum atomic E-state index is 10.9. The summed E-state index contributed by atoms with van der Waals surface area (Å²) >= 11 is 8.64. The second-order valence-corrected chi connectivity index (χ2v) is 6.70. The van der Waals surface area contributed by atoms with Crippen molar-refractivity contribution >= 4 is 40.2 Å². The molecular formula is C12H13ClN2O2S2. The zero-order valence-electron chi connectivity index (χ0n) is 9.93. The Bertz CT molecular complexity index is 568. The minimum absolute atomic E-state index is 0.421. The van der Waals surface area contributed by atoms with Crippen molar-refractivity contribution in [1.82, 2.24) is 5.32 Å². The number of nitrogens with two attached hydrogens (primary N) is 1. The maximum absolute atomic E-state index is 10.9. The van der Waals surface area contributed by atoms with Crippen molar-refractivity contribution in [1.29, 1.82) is 0 Å². The Morgan fingerprint density at radius 1 is 1.53 bits per heavy atom. The third-order valence-corrected chi connectivity index (χ3v) is 4.77. The van der Waals surface area contributed by atoms with Crippen LogP contribution in [0.2, 0.25) is 4.34 Å². The molecule has 4 N–H and O–H groups in total. The van der Waals surface area contributed by atoms with E-state index >= 15 is 0 Å². The van der Waals surface area contributed by atoms with Gasteiger partial charge in [-0.1, -0.05) is 11.6 Å². The highest BCUT2D eigenvalue weighted by Crippen LogP contribution is 2.26. The van der Waals surface area contributed by atoms with Crippen LogP contribution in [0, 0.1) is 0 Å². The molecule has 1 unspecified atom stereocenters. The van der Waals surface area contributed by atoms with Gasteiger partial charge in [-0.05, 0) is 18.2 Å². The lowest BCUT2D eigenvalue weighted by Crippen LogP contribution is -2.20. The van der Waals surface area contributed by atoms with Crippen LogP contribution in [-0.4, -0.2) is 17.6 Å². The second kappa shape index (κ2) is 6.49. The van der Waals surface area contributed by atoms with Crippen LogP contribution in [-0.2, 0) is 6.54 Å². The molecule has 0 fully saturated rings. The molecule has 0 bridgehead atoms. The number of halogens is 1. The highest BCUT2D eigenvalue weighted by Gasteiger charge is 2.10. The topological polar surface area (TPSA) is 75.4 Å². The standard InChI is InChI=1S/C12H13ClN2O2S2/c13-11-2-1-10(19-11)9(16)5-15-4-8-3-7(6-18-8)12(14)17/h1-3,6,9,15-16H,4-5H2,(H2,14,17). The zero-order valence-corrected chi connectivity index (χ0v) is 12.3. The van der Waals surface area contributed by atoms with Crippen LogP contribution >= 0.6 is 34.3 Å². The molecule has 19 heavy (non-hydrogen) atoms. The predicted octanol–water partition coefficient (Wildman–Crippen LogP) is 2.39. The fraction of sp³-hybridized carbons (Fsp3) is 0.250. The van der Waals surface area contributed by atoms with E-state index in [1.807, 2.05) is 6.07 Å². The molecule has 0 aliphatic carbocycles. The Morgan fingerprint density at radius 3 is 2.89 bits per heavy atom. The number of thiophene rings is 2. The summed E-state index contributed by atoms with van der Waals surface area (Å²) in [4.78, 5) is 12.8. The third-order valence-electron chi connectivity index (χ3n) is 2.50. The Kier molecular flexibility index (Phi) is 4.95. The number of aliphatic hydroxyl groups excluding tert-OH is 1. The quantitative estimate of drug-likeness (QED) is 0.766. The minimum atomic E-state index is -0.576. The Hall–Kier alpha value is -0.920. The Balaban J connectivity index is 1.81. The number of rotatable bonds is 6. The number of aliphatic hydroxyl groups is 1. The predicted molar refractivity (Wildman–Crippen MR) is 78.8 cm³/mol. The van der Waals surface area contributed by atoms with E-state index in [1.54, 1.807) is 17.5 Å². The van der Waals surface area contributed by atoms with E-state index in [-0.39, 0.29) is 0 Å². The number of nitrogens with one attached hydrogen (secondary N) is 1. The van der Waals surface area contributed by atoms with E-state index in [0.717, 1.165) is 9.75 Å². The number of primary amides is 1. The normalized spacial score (nSPS) is 12.5. The number of hydrogen-bond donors (Lipinski definition) is 3. The molecule has 2 heterocycles. The molecule has 2 rings (SSSR count). The summed E-state index contributed by atoms with van der Waals surface area (Å²) in [5, 5.41) is 14.8. The number of amides is 1. The van der Waals surface area contributed by atoms with Crippen molar-refractivity contribution in [3.8, 4) is 0 Å². The van der Waals surface area contributed by atoms with Gasteiger partial charge in [0.15, 0.2) is 0 Å². The minimum Gasteiger partial charge on any atom is -0.386 e. The first-order valence-corrected chi connectivity index (χ1v) is 7.65. The highest BCUT2D eigenvalue weighted by molar-refractivity contribution is 7.16. The molecule has 1 atom stereocenters. The van der Waals surface area contributed by atoms with E-state index in [9.17, 15) is 9.90 Å². The van der Waals surface area contributed by atoms with Crippen molar-refractivity contribution in [2.45, 2.75) is 12.6 Å². The Labute approximate surface area is 123 Å².